The average molecular weight is 479 g/mol. The van der Waals surface area contributed by atoms with Crippen LogP contribution in [0.4, 0.5) is 11.4 Å². The number of nitrogens with zero attached hydrogens (tertiary/aromatic N) is 2. The Morgan fingerprint density at radius 2 is 1.71 bits per heavy atom. The lowest BCUT2D eigenvalue weighted by molar-refractivity contribution is -0.139. The van der Waals surface area contributed by atoms with Crippen LogP contribution in [0.15, 0.2) is 60.2 Å². The largest absolute Gasteiger partial charge is 0.426 e. The van der Waals surface area contributed by atoms with Crippen molar-refractivity contribution in [3.05, 3.63) is 65.2 Å². The Morgan fingerprint density at radius 1 is 0.971 bits per heavy atom. The van der Waals surface area contributed by atoms with Gasteiger partial charge in [-0.05, 0) is 50.1 Å². The quantitative estimate of drug-likeness (QED) is 0.285. The molecule has 5 rings (SSSR count). The van der Waals surface area contributed by atoms with Gasteiger partial charge in [0.05, 0.1) is 23.4 Å². The van der Waals surface area contributed by atoms with Crippen LogP contribution >= 0.6 is 11.6 Å². The van der Waals surface area contributed by atoms with Crippen molar-refractivity contribution in [3.63, 3.8) is 0 Å². The van der Waals surface area contributed by atoms with Crippen LogP contribution in [-0.4, -0.2) is 30.2 Å². The number of anilines is 2. The fourth-order valence-corrected chi connectivity index (χ4v) is 5.12. The standard InChI is InChI=1S/C26H23ClN2O5/c1-15-8-9-21-22(10-15)25(32)29(24(21)31)19-6-3-7-20(13-19)34-26(33)16-11-23(30)28(14-16)18-5-2-4-17(27)12-18/h2-8,12-13,16,21-22H,9-11,14H2,1H3/t16-,21-,22-/m0/s1. The van der Waals surface area contributed by atoms with Crippen LogP contribution in [0.5, 0.6) is 5.75 Å². The summed E-state index contributed by atoms with van der Waals surface area (Å²) < 4.78 is 5.56. The van der Waals surface area contributed by atoms with Crippen molar-refractivity contribution < 1.29 is 23.9 Å². The van der Waals surface area contributed by atoms with Crippen molar-refractivity contribution in [2.45, 2.75) is 26.2 Å². The second kappa shape index (κ2) is 8.72. The maximum absolute atomic E-state index is 13.0. The second-order valence-electron chi connectivity index (χ2n) is 9.02. The molecular formula is C26H23ClN2O5. The van der Waals surface area contributed by atoms with Gasteiger partial charge in [0.25, 0.3) is 0 Å². The number of benzene rings is 2. The molecule has 3 atom stereocenters. The van der Waals surface area contributed by atoms with Crippen molar-refractivity contribution in [2.24, 2.45) is 17.8 Å². The lowest BCUT2D eigenvalue weighted by Gasteiger charge is -2.18. The molecule has 2 fully saturated rings. The van der Waals surface area contributed by atoms with Gasteiger partial charge in [-0.1, -0.05) is 35.4 Å². The van der Waals surface area contributed by atoms with Crippen LogP contribution in [0.2, 0.25) is 5.02 Å². The first-order valence-electron chi connectivity index (χ1n) is 11.2. The lowest BCUT2D eigenvalue weighted by atomic mass is 9.82. The lowest BCUT2D eigenvalue weighted by Crippen LogP contribution is -2.31. The van der Waals surface area contributed by atoms with Gasteiger partial charge >= 0.3 is 5.97 Å². The topological polar surface area (TPSA) is 84.0 Å². The highest BCUT2D eigenvalue weighted by Gasteiger charge is 2.48. The van der Waals surface area contributed by atoms with Crippen LogP contribution in [-0.2, 0) is 19.2 Å². The number of hydrogen-bond acceptors (Lipinski definition) is 5. The fraction of sp³-hybridized carbons (Fsp3) is 0.308. The van der Waals surface area contributed by atoms with Crippen molar-refractivity contribution in [1.29, 1.82) is 0 Å². The Labute approximate surface area is 201 Å². The van der Waals surface area contributed by atoms with Crippen LogP contribution in [0.3, 0.4) is 0 Å². The highest BCUT2D eigenvalue weighted by Crippen LogP contribution is 2.40. The molecule has 8 heteroatoms. The zero-order chi connectivity index (χ0) is 24.0. The maximum atomic E-state index is 13.0. The number of esters is 1. The number of rotatable bonds is 4. The number of carbonyl (C=O) groups is 4. The van der Waals surface area contributed by atoms with E-state index in [1.165, 1.54) is 15.9 Å². The van der Waals surface area contributed by atoms with Gasteiger partial charge in [0, 0.05) is 29.7 Å². The minimum absolute atomic E-state index is 0.0316. The molecule has 2 saturated heterocycles. The molecule has 3 aliphatic rings. The molecule has 2 aromatic carbocycles. The number of imide groups is 1. The first-order chi connectivity index (χ1) is 16.3. The smallest absolute Gasteiger partial charge is 0.316 e. The molecule has 34 heavy (non-hydrogen) atoms. The summed E-state index contributed by atoms with van der Waals surface area (Å²) in [5.74, 6) is -2.26. The summed E-state index contributed by atoms with van der Waals surface area (Å²) >= 11 is 6.03. The fourth-order valence-electron chi connectivity index (χ4n) is 4.94. The van der Waals surface area contributed by atoms with Gasteiger partial charge in [-0.2, -0.15) is 0 Å². The highest BCUT2D eigenvalue weighted by atomic mass is 35.5. The van der Waals surface area contributed by atoms with E-state index in [2.05, 4.69) is 0 Å². The molecule has 0 spiro atoms. The minimum atomic E-state index is -0.637. The van der Waals surface area contributed by atoms with E-state index in [4.69, 9.17) is 16.3 Å². The zero-order valence-electron chi connectivity index (χ0n) is 18.6. The van der Waals surface area contributed by atoms with E-state index >= 15 is 0 Å². The molecule has 0 aromatic heterocycles. The summed E-state index contributed by atoms with van der Waals surface area (Å²) in [5, 5.41) is 0.505. The Balaban J connectivity index is 1.29. The Kier molecular flexibility index (Phi) is 5.73. The van der Waals surface area contributed by atoms with Gasteiger partial charge in [0.15, 0.2) is 0 Å². The predicted molar refractivity (Wildman–Crippen MR) is 126 cm³/mol. The number of fused-ring (bicyclic) bond motifs is 1. The van der Waals surface area contributed by atoms with Gasteiger partial charge in [-0.15, -0.1) is 0 Å². The van der Waals surface area contributed by atoms with Crippen LogP contribution in [0, 0.1) is 17.8 Å². The van der Waals surface area contributed by atoms with E-state index in [9.17, 15) is 19.2 Å². The number of allylic oxidation sites excluding steroid dienone is 2. The summed E-state index contributed by atoms with van der Waals surface area (Å²) in [6, 6.07) is 13.3. The van der Waals surface area contributed by atoms with E-state index in [1.807, 2.05) is 13.0 Å². The number of halogens is 1. The molecule has 2 aliphatic heterocycles. The molecule has 0 N–H and O–H groups in total. The molecule has 3 amide bonds. The Morgan fingerprint density at radius 3 is 2.50 bits per heavy atom. The number of amides is 3. The van der Waals surface area contributed by atoms with E-state index in [-0.39, 0.29) is 48.3 Å². The number of ether oxygens (including phenoxy) is 1. The monoisotopic (exact) mass is 478 g/mol. The van der Waals surface area contributed by atoms with Gasteiger partial charge < -0.3 is 9.64 Å². The van der Waals surface area contributed by atoms with Gasteiger partial charge in [0.2, 0.25) is 17.7 Å². The van der Waals surface area contributed by atoms with E-state index in [0.29, 0.717) is 29.2 Å². The molecule has 7 nitrogen and oxygen atoms in total. The molecule has 1 aliphatic carbocycles. The van der Waals surface area contributed by atoms with Crippen LogP contribution in [0.25, 0.3) is 0 Å². The van der Waals surface area contributed by atoms with Crippen molar-refractivity contribution in [3.8, 4) is 5.75 Å². The highest BCUT2D eigenvalue weighted by molar-refractivity contribution is 6.31. The van der Waals surface area contributed by atoms with Crippen molar-refractivity contribution in [2.75, 3.05) is 16.3 Å². The molecule has 0 saturated carbocycles. The third-order valence-electron chi connectivity index (χ3n) is 6.70. The molecule has 0 radical (unpaired) electrons. The number of carbonyl (C=O) groups excluding carboxylic acids is 4. The third kappa shape index (κ3) is 4.01. The SMILES string of the molecule is CC1=CC[C@@H]2C(=O)N(c3cccc(OC(=O)[C@H]4CC(=O)N(c5cccc(Cl)c5)C4)c3)C(=O)[C@H]2C1. The summed E-state index contributed by atoms with van der Waals surface area (Å²) in [6.45, 7) is 2.16. The van der Waals surface area contributed by atoms with Crippen molar-refractivity contribution in [1.82, 2.24) is 0 Å². The molecule has 0 unspecified atom stereocenters. The molecule has 174 valence electrons. The summed E-state index contributed by atoms with van der Waals surface area (Å²) in [6.07, 6.45) is 3.19. The summed E-state index contributed by atoms with van der Waals surface area (Å²) in [4.78, 5) is 54.0. The van der Waals surface area contributed by atoms with Crippen LogP contribution in [0.1, 0.15) is 26.2 Å². The van der Waals surface area contributed by atoms with E-state index < -0.39 is 11.9 Å². The third-order valence-corrected chi connectivity index (χ3v) is 6.93. The molecule has 2 aromatic rings. The summed E-state index contributed by atoms with van der Waals surface area (Å²) in [7, 11) is 0. The molecule has 2 heterocycles. The first kappa shape index (κ1) is 22.3. The predicted octanol–water partition coefficient (Wildman–Crippen LogP) is 4.14. The number of hydrogen-bond donors (Lipinski definition) is 0. The minimum Gasteiger partial charge on any atom is -0.426 e. The Bertz CT molecular complexity index is 1240. The zero-order valence-corrected chi connectivity index (χ0v) is 19.3. The summed E-state index contributed by atoms with van der Waals surface area (Å²) in [5.41, 5.74) is 2.13. The average Bonchev–Trinajstić information content (AvgIpc) is 3.31. The molecular weight excluding hydrogens is 456 g/mol. The maximum Gasteiger partial charge on any atom is 0.316 e. The first-order valence-corrected chi connectivity index (χ1v) is 11.6. The molecule has 0 bridgehead atoms. The normalized spacial score (nSPS) is 24.4. The van der Waals surface area contributed by atoms with E-state index in [1.54, 1.807) is 42.5 Å². The van der Waals surface area contributed by atoms with Crippen molar-refractivity contribution >= 4 is 46.7 Å². The van der Waals surface area contributed by atoms with Gasteiger partial charge in [0.1, 0.15) is 5.75 Å². The van der Waals surface area contributed by atoms with Gasteiger partial charge in [-0.25, -0.2) is 4.90 Å². The van der Waals surface area contributed by atoms with Crippen LogP contribution < -0.4 is 14.5 Å². The van der Waals surface area contributed by atoms with E-state index in [0.717, 1.165) is 5.57 Å². The second-order valence-corrected chi connectivity index (χ2v) is 9.46. The van der Waals surface area contributed by atoms with Gasteiger partial charge in [-0.3, -0.25) is 19.2 Å². The Hall–Kier alpha value is -3.45.